The van der Waals surface area contributed by atoms with Crippen molar-refractivity contribution in [3.8, 4) is 0 Å². The number of hydrogen-bond donors (Lipinski definition) is 1. The van der Waals surface area contributed by atoms with Crippen LogP contribution in [0.5, 0.6) is 0 Å². The summed E-state index contributed by atoms with van der Waals surface area (Å²) in [6.45, 7) is 3.20. The molecule has 1 heterocycles. The molecular weight excluding hydrogens is 300 g/mol. The van der Waals surface area contributed by atoms with Gasteiger partial charge in [-0.25, -0.2) is 0 Å². The number of nitrogens with one attached hydrogen (secondary N) is 1. The first-order chi connectivity index (χ1) is 8.62. The summed E-state index contributed by atoms with van der Waals surface area (Å²) in [7, 11) is 3.08. The Kier molecular flexibility index (Phi) is 6.38. The van der Waals surface area contributed by atoms with Crippen LogP contribution in [0.1, 0.15) is 23.8 Å². The van der Waals surface area contributed by atoms with Gasteiger partial charge in [0.25, 0.3) is 5.91 Å². The fraction of sp³-hybridized carbons (Fsp3) is 0.583. The van der Waals surface area contributed by atoms with Crippen LogP contribution in [0.15, 0.2) is 16.7 Å². The smallest absolute Gasteiger partial charge is 0.268 e. The van der Waals surface area contributed by atoms with Crippen LogP contribution in [0.4, 0.5) is 0 Å². The molecule has 5 nitrogen and oxygen atoms in total. The number of ether oxygens (including phenoxy) is 2. The quantitative estimate of drug-likeness (QED) is 0.782. The average molecular weight is 319 g/mol. The molecule has 1 aromatic heterocycles. The van der Waals surface area contributed by atoms with Crippen LogP contribution >= 0.6 is 15.9 Å². The molecule has 0 radical (unpaired) electrons. The minimum absolute atomic E-state index is 0.131. The largest absolute Gasteiger partial charge is 0.354 e. The summed E-state index contributed by atoms with van der Waals surface area (Å²) < 4.78 is 12.9. The highest BCUT2D eigenvalue weighted by atomic mass is 79.9. The van der Waals surface area contributed by atoms with Crippen LogP contribution in [-0.4, -0.2) is 37.5 Å². The maximum absolute atomic E-state index is 12.0. The van der Waals surface area contributed by atoms with E-state index in [0.29, 0.717) is 12.2 Å². The van der Waals surface area contributed by atoms with Gasteiger partial charge in [0.1, 0.15) is 5.69 Å². The lowest BCUT2D eigenvalue weighted by Gasteiger charge is -2.14. The van der Waals surface area contributed by atoms with Gasteiger partial charge in [-0.2, -0.15) is 0 Å². The van der Waals surface area contributed by atoms with Crippen molar-refractivity contribution in [2.75, 3.05) is 20.8 Å². The Labute approximate surface area is 116 Å². The molecule has 6 heteroatoms. The minimum Gasteiger partial charge on any atom is -0.354 e. The van der Waals surface area contributed by atoms with E-state index in [4.69, 9.17) is 9.47 Å². The second-order valence-electron chi connectivity index (χ2n) is 3.85. The van der Waals surface area contributed by atoms with E-state index in [1.165, 1.54) is 14.2 Å². The third-order valence-electron chi connectivity index (χ3n) is 2.52. The lowest BCUT2D eigenvalue weighted by Crippen LogP contribution is -2.35. The predicted molar refractivity (Wildman–Crippen MR) is 72.6 cm³/mol. The van der Waals surface area contributed by atoms with E-state index in [1.54, 1.807) is 6.07 Å². The fourth-order valence-corrected chi connectivity index (χ4v) is 2.08. The van der Waals surface area contributed by atoms with Gasteiger partial charge in [-0.1, -0.05) is 6.92 Å². The van der Waals surface area contributed by atoms with E-state index in [2.05, 4.69) is 28.2 Å². The number of nitrogens with zero attached hydrogens (tertiary/aromatic N) is 1. The summed E-state index contributed by atoms with van der Waals surface area (Å²) in [5.74, 6) is -0.131. The van der Waals surface area contributed by atoms with Gasteiger partial charge in [-0.05, 0) is 28.4 Å². The van der Waals surface area contributed by atoms with Gasteiger partial charge in [-0.3, -0.25) is 4.79 Å². The highest BCUT2D eigenvalue weighted by Crippen LogP contribution is 2.15. The fourth-order valence-electron chi connectivity index (χ4n) is 1.62. The van der Waals surface area contributed by atoms with E-state index in [-0.39, 0.29) is 5.91 Å². The summed E-state index contributed by atoms with van der Waals surface area (Å²) in [5.41, 5.74) is 0.634. The summed E-state index contributed by atoms with van der Waals surface area (Å²) >= 11 is 3.38. The monoisotopic (exact) mass is 318 g/mol. The zero-order valence-electron chi connectivity index (χ0n) is 10.9. The Balaban J connectivity index is 2.65. The van der Waals surface area contributed by atoms with Crippen LogP contribution in [0.2, 0.25) is 0 Å². The van der Waals surface area contributed by atoms with Crippen molar-refractivity contribution in [1.29, 1.82) is 0 Å². The number of halogens is 1. The third kappa shape index (κ3) is 4.12. The summed E-state index contributed by atoms with van der Waals surface area (Å²) in [4.78, 5) is 12.0. The normalized spacial score (nSPS) is 10.9. The molecule has 0 spiro atoms. The molecule has 102 valence electrons. The number of aromatic nitrogens is 1. The molecule has 1 amide bonds. The summed E-state index contributed by atoms with van der Waals surface area (Å²) in [6, 6.07) is 1.81. The zero-order chi connectivity index (χ0) is 13.5. The first kappa shape index (κ1) is 15.2. The van der Waals surface area contributed by atoms with Crippen LogP contribution in [0.25, 0.3) is 0 Å². The molecule has 0 aromatic carbocycles. The molecule has 1 rings (SSSR count). The number of methoxy groups -OCH3 is 2. The number of aryl methyl sites for hydroxylation is 1. The van der Waals surface area contributed by atoms with Crippen LogP contribution < -0.4 is 5.32 Å². The molecule has 0 atom stereocenters. The van der Waals surface area contributed by atoms with E-state index in [0.717, 1.165) is 17.4 Å². The van der Waals surface area contributed by atoms with Crippen LogP contribution in [0, 0.1) is 0 Å². The van der Waals surface area contributed by atoms with Gasteiger partial charge >= 0.3 is 0 Å². The lowest BCUT2D eigenvalue weighted by molar-refractivity contribution is -0.0974. The topological polar surface area (TPSA) is 52.5 Å². The molecule has 0 fully saturated rings. The Hall–Kier alpha value is -0.850. The number of carbonyl (C=O) groups excluding carboxylic acids is 1. The SMILES string of the molecule is CCCn1cc(Br)cc1C(=O)NCC(OC)OC. The van der Waals surface area contributed by atoms with Gasteiger partial charge in [0, 0.05) is 31.4 Å². The zero-order valence-corrected chi connectivity index (χ0v) is 12.5. The molecule has 18 heavy (non-hydrogen) atoms. The van der Waals surface area contributed by atoms with E-state index in [1.807, 2.05) is 10.8 Å². The van der Waals surface area contributed by atoms with Gasteiger partial charge < -0.3 is 19.4 Å². The molecule has 0 aliphatic rings. The van der Waals surface area contributed by atoms with Crippen molar-refractivity contribution >= 4 is 21.8 Å². The van der Waals surface area contributed by atoms with Gasteiger partial charge in [0.05, 0.1) is 6.54 Å². The number of rotatable bonds is 7. The maximum atomic E-state index is 12.0. The average Bonchev–Trinajstić information content (AvgIpc) is 2.72. The van der Waals surface area contributed by atoms with Crippen molar-refractivity contribution in [2.24, 2.45) is 0 Å². The van der Waals surface area contributed by atoms with Crippen molar-refractivity contribution in [2.45, 2.75) is 26.2 Å². The standard InChI is InChI=1S/C12H19BrN2O3/c1-4-5-15-8-9(13)6-10(15)12(16)14-7-11(17-2)18-3/h6,8,11H,4-5,7H2,1-3H3,(H,14,16). The number of amides is 1. The second kappa shape index (κ2) is 7.56. The molecule has 0 aliphatic carbocycles. The second-order valence-corrected chi connectivity index (χ2v) is 4.76. The Morgan fingerprint density at radius 3 is 2.72 bits per heavy atom. The molecule has 0 unspecified atom stereocenters. The number of carbonyl (C=O) groups is 1. The van der Waals surface area contributed by atoms with E-state index < -0.39 is 6.29 Å². The predicted octanol–water partition coefficient (Wildman–Crippen LogP) is 2.01. The molecule has 0 saturated heterocycles. The number of hydrogen-bond acceptors (Lipinski definition) is 3. The molecule has 1 N–H and O–H groups in total. The van der Waals surface area contributed by atoms with Crippen LogP contribution in [0.3, 0.4) is 0 Å². The van der Waals surface area contributed by atoms with Crippen molar-refractivity contribution in [1.82, 2.24) is 9.88 Å². The lowest BCUT2D eigenvalue weighted by atomic mass is 10.3. The third-order valence-corrected chi connectivity index (χ3v) is 2.95. The first-order valence-electron chi connectivity index (χ1n) is 5.81. The van der Waals surface area contributed by atoms with Crippen molar-refractivity contribution < 1.29 is 14.3 Å². The molecule has 0 saturated carbocycles. The minimum atomic E-state index is -0.424. The van der Waals surface area contributed by atoms with E-state index in [9.17, 15) is 4.79 Å². The molecule has 0 bridgehead atoms. The van der Waals surface area contributed by atoms with Crippen LogP contribution in [-0.2, 0) is 16.0 Å². The van der Waals surface area contributed by atoms with E-state index >= 15 is 0 Å². The van der Waals surface area contributed by atoms with Crippen molar-refractivity contribution in [3.05, 3.63) is 22.4 Å². The molecule has 0 aliphatic heterocycles. The Bertz CT molecular complexity index is 389. The Morgan fingerprint density at radius 2 is 2.17 bits per heavy atom. The summed E-state index contributed by atoms with van der Waals surface area (Å²) in [6.07, 6.45) is 2.45. The Morgan fingerprint density at radius 1 is 1.50 bits per heavy atom. The molecule has 1 aromatic rings. The first-order valence-corrected chi connectivity index (χ1v) is 6.61. The summed E-state index contributed by atoms with van der Waals surface area (Å²) in [5, 5.41) is 2.78. The highest BCUT2D eigenvalue weighted by molar-refractivity contribution is 9.10. The molecular formula is C12H19BrN2O3. The van der Waals surface area contributed by atoms with Gasteiger partial charge in [-0.15, -0.1) is 0 Å². The highest BCUT2D eigenvalue weighted by Gasteiger charge is 2.14. The van der Waals surface area contributed by atoms with Gasteiger partial charge in [0.2, 0.25) is 0 Å². The van der Waals surface area contributed by atoms with Crippen molar-refractivity contribution in [3.63, 3.8) is 0 Å². The van der Waals surface area contributed by atoms with Gasteiger partial charge in [0.15, 0.2) is 6.29 Å². The maximum Gasteiger partial charge on any atom is 0.268 e.